The summed E-state index contributed by atoms with van der Waals surface area (Å²) in [6, 6.07) is 4.25. The van der Waals surface area contributed by atoms with Gasteiger partial charge in [0.25, 0.3) is 0 Å². The Kier molecular flexibility index (Phi) is 2.20. The summed E-state index contributed by atoms with van der Waals surface area (Å²) in [5.74, 6) is 0. The summed E-state index contributed by atoms with van der Waals surface area (Å²) in [4.78, 5) is 0. The molecule has 0 aliphatic carbocycles. The molecule has 0 radical (unpaired) electrons. The monoisotopic (exact) mass is 268 g/mol. The van der Waals surface area contributed by atoms with Crippen LogP contribution in [0.5, 0.6) is 0 Å². The Hall–Kier alpha value is -2.64. The number of aryl methyl sites for hydroxylation is 2. The first-order valence-corrected chi connectivity index (χ1v) is 6.57. The van der Waals surface area contributed by atoms with Crippen LogP contribution in [-0.2, 0) is 12.8 Å². The Labute approximate surface area is 113 Å². The maximum absolute atomic E-state index is 4.05. The third-order valence-electron chi connectivity index (χ3n) is 3.65. The molecule has 0 saturated carbocycles. The van der Waals surface area contributed by atoms with Crippen LogP contribution in [0.1, 0.15) is 25.0 Å². The summed E-state index contributed by atoms with van der Waals surface area (Å²) in [5, 5.41) is 23.6. The molecule has 8 heteroatoms. The van der Waals surface area contributed by atoms with Gasteiger partial charge < -0.3 is 0 Å². The number of aromatic nitrogens is 8. The smallest absolute Gasteiger partial charge is 0.187 e. The zero-order valence-electron chi connectivity index (χ0n) is 11.1. The van der Waals surface area contributed by atoms with Crippen molar-refractivity contribution in [1.82, 2.24) is 40.1 Å². The van der Waals surface area contributed by atoms with Crippen LogP contribution in [0.25, 0.3) is 22.3 Å². The second-order valence-electron chi connectivity index (χ2n) is 4.65. The quantitative estimate of drug-likeness (QED) is 0.535. The summed E-state index contributed by atoms with van der Waals surface area (Å²) < 4.78 is 3.39. The van der Waals surface area contributed by atoms with Crippen molar-refractivity contribution < 1.29 is 0 Å². The molecule has 3 aromatic heterocycles. The van der Waals surface area contributed by atoms with Crippen molar-refractivity contribution in [1.29, 1.82) is 0 Å². The van der Waals surface area contributed by atoms with Crippen LogP contribution in [0.2, 0.25) is 0 Å². The Morgan fingerprint density at radius 3 is 1.65 bits per heavy atom. The molecule has 0 bridgehead atoms. The molecule has 3 heterocycles. The molecule has 0 N–H and O–H groups in total. The van der Waals surface area contributed by atoms with E-state index in [9.17, 15) is 0 Å². The summed E-state index contributed by atoms with van der Waals surface area (Å²) in [6.45, 7) is 4.29. The molecule has 0 atom stereocenters. The van der Waals surface area contributed by atoms with Crippen molar-refractivity contribution in [2.24, 2.45) is 0 Å². The largest absolute Gasteiger partial charge is 0.226 e. The minimum atomic E-state index is 0.564. The van der Waals surface area contributed by atoms with Crippen molar-refractivity contribution >= 4 is 22.3 Å². The Balaban J connectivity index is 2.30. The van der Waals surface area contributed by atoms with Gasteiger partial charge in [-0.3, -0.25) is 0 Å². The summed E-state index contributed by atoms with van der Waals surface area (Å²) in [5.41, 5.74) is 5.55. The molecule has 8 nitrogen and oxygen atoms in total. The molecule has 4 aromatic rings. The maximum Gasteiger partial charge on any atom is 0.226 e. The van der Waals surface area contributed by atoms with E-state index in [1.54, 1.807) is 9.03 Å². The highest BCUT2D eigenvalue weighted by atomic mass is 15.6. The average molecular weight is 268 g/mol. The minimum absolute atomic E-state index is 0.564. The molecule has 1 aromatic carbocycles. The topological polar surface area (TPSA) is 86.2 Å². The van der Waals surface area contributed by atoms with Gasteiger partial charge in [0.1, 0.15) is 0 Å². The van der Waals surface area contributed by atoms with Gasteiger partial charge in [-0.05, 0) is 57.0 Å². The average Bonchev–Trinajstić information content (AvgIpc) is 3.13. The molecule has 0 amide bonds. The van der Waals surface area contributed by atoms with Gasteiger partial charge in [0.15, 0.2) is 0 Å². The van der Waals surface area contributed by atoms with Crippen LogP contribution < -0.4 is 0 Å². The first-order valence-electron chi connectivity index (χ1n) is 6.57. The first-order chi connectivity index (χ1) is 9.83. The second-order valence-corrected chi connectivity index (χ2v) is 4.65. The number of fused-ring (bicyclic) bond motifs is 6. The zero-order chi connectivity index (χ0) is 13.7. The van der Waals surface area contributed by atoms with E-state index in [-0.39, 0.29) is 0 Å². The van der Waals surface area contributed by atoms with Gasteiger partial charge in [0, 0.05) is 0 Å². The number of tetrazole rings is 2. The molecule has 0 spiro atoms. The summed E-state index contributed by atoms with van der Waals surface area (Å²) in [6.07, 6.45) is 1.94. The third-order valence-corrected chi connectivity index (χ3v) is 3.65. The van der Waals surface area contributed by atoms with Crippen molar-refractivity contribution in [2.75, 3.05) is 0 Å². The van der Waals surface area contributed by atoms with Crippen molar-refractivity contribution in [3.05, 3.63) is 23.3 Å². The highest BCUT2D eigenvalue weighted by Gasteiger charge is 2.15. The number of hydrogen-bond acceptors (Lipinski definition) is 6. The summed E-state index contributed by atoms with van der Waals surface area (Å²) in [7, 11) is 0. The third kappa shape index (κ3) is 1.30. The molecular weight excluding hydrogens is 256 g/mol. The molecule has 100 valence electrons. The van der Waals surface area contributed by atoms with Gasteiger partial charge in [-0.25, -0.2) is 0 Å². The van der Waals surface area contributed by atoms with Gasteiger partial charge >= 0.3 is 0 Å². The van der Waals surface area contributed by atoms with E-state index >= 15 is 0 Å². The molecule has 0 fully saturated rings. The molecule has 20 heavy (non-hydrogen) atoms. The Bertz CT molecular complexity index is 858. The molecule has 0 aliphatic rings. The van der Waals surface area contributed by atoms with Crippen LogP contribution >= 0.6 is 0 Å². The predicted molar refractivity (Wildman–Crippen MR) is 71.4 cm³/mol. The van der Waals surface area contributed by atoms with Gasteiger partial charge in [-0.15, -0.1) is 10.2 Å². The van der Waals surface area contributed by atoms with E-state index in [1.807, 2.05) is 0 Å². The van der Waals surface area contributed by atoms with E-state index in [0.717, 1.165) is 23.9 Å². The van der Waals surface area contributed by atoms with Gasteiger partial charge in [-0.2, -0.15) is 9.03 Å². The first kappa shape index (κ1) is 11.2. The number of benzene rings is 1. The number of nitrogens with zero attached hydrogens (tertiary/aromatic N) is 8. The Morgan fingerprint density at radius 2 is 1.25 bits per heavy atom. The zero-order valence-corrected chi connectivity index (χ0v) is 11.1. The van der Waals surface area contributed by atoms with Crippen molar-refractivity contribution in [3.63, 3.8) is 0 Å². The van der Waals surface area contributed by atoms with Crippen LogP contribution in [-0.4, -0.2) is 40.1 Å². The van der Waals surface area contributed by atoms with E-state index in [1.165, 1.54) is 11.1 Å². The highest BCUT2D eigenvalue weighted by molar-refractivity contribution is 5.85. The van der Waals surface area contributed by atoms with Crippen LogP contribution in [0.3, 0.4) is 0 Å². The highest BCUT2D eigenvalue weighted by Crippen LogP contribution is 2.23. The Morgan fingerprint density at radius 1 is 0.800 bits per heavy atom. The number of hydrogen-bond donors (Lipinski definition) is 0. The lowest BCUT2D eigenvalue weighted by Gasteiger charge is -2.09. The fourth-order valence-corrected chi connectivity index (χ4v) is 2.64. The molecule has 0 saturated heterocycles. The van der Waals surface area contributed by atoms with Gasteiger partial charge in [-0.1, -0.05) is 13.8 Å². The van der Waals surface area contributed by atoms with E-state index in [4.69, 9.17) is 0 Å². The van der Waals surface area contributed by atoms with Crippen molar-refractivity contribution in [3.8, 4) is 0 Å². The fourth-order valence-electron chi connectivity index (χ4n) is 2.64. The van der Waals surface area contributed by atoms with Crippen LogP contribution in [0.15, 0.2) is 12.1 Å². The van der Waals surface area contributed by atoms with Crippen LogP contribution in [0, 0.1) is 0 Å². The molecule has 0 unspecified atom stereocenters. The minimum Gasteiger partial charge on any atom is -0.187 e. The fraction of sp³-hybridized carbons (Fsp3) is 0.333. The van der Waals surface area contributed by atoms with Gasteiger partial charge in [0.2, 0.25) is 11.3 Å². The van der Waals surface area contributed by atoms with Crippen molar-refractivity contribution in [2.45, 2.75) is 26.7 Å². The molecule has 4 rings (SSSR count). The predicted octanol–water partition coefficient (Wildman–Crippen LogP) is 0.840. The van der Waals surface area contributed by atoms with Crippen LogP contribution in [0.4, 0.5) is 0 Å². The van der Waals surface area contributed by atoms with Gasteiger partial charge in [0.05, 0.1) is 11.0 Å². The number of rotatable bonds is 2. The lowest BCUT2D eigenvalue weighted by atomic mass is 10.0. The standard InChI is InChI=1S/C12H12N8/c1-3-7-5-9-10(6-8(7)4-2)20-12(14-16-18-20)11-13-15-17-19(9)11/h5-6H,3-4H2,1-2H3. The van der Waals surface area contributed by atoms with E-state index in [0.29, 0.717) is 11.3 Å². The lowest BCUT2D eigenvalue weighted by molar-refractivity contribution is 0.825. The molecule has 0 aliphatic heterocycles. The SMILES string of the molecule is CCc1cc2c(cc1CC)n1nnnc1c1nnnn21. The molecular formula is C12H12N8. The summed E-state index contributed by atoms with van der Waals surface area (Å²) >= 11 is 0. The van der Waals surface area contributed by atoms with E-state index < -0.39 is 0 Å². The second kappa shape index (κ2) is 3.92. The normalized spacial score (nSPS) is 11.9. The maximum atomic E-state index is 4.05. The van der Waals surface area contributed by atoms with E-state index in [2.05, 4.69) is 57.0 Å². The lowest BCUT2D eigenvalue weighted by Crippen LogP contribution is -2.02.